The van der Waals surface area contributed by atoms with Crippen LogP contribution >= 0.6 is 0 Å². The van der Waals surface area contributed by atoms with Gasteiger partial charge in [-0.1, -0.05) is 31.1 Å². The van der Waals surface area contributed by atoms with Crippen LogP contribution < -0.4 is 4.74 Å². The van der Waals surface area contributed by atoms with Gasteiger partial charge in [0.1, 0.15) is 0 Å². The second-order valence-corrected chi connectivity index (χ2v) is 6.44. The number of nitrogens with zero attached hydrogens (tertiary/aromatic N) is 4. The first-order valence-electron chi connectivity index (χ1n) is 8.53. The van der Waals surface area contributed by atoms with Gasteiger partial charge in [-0.3, -0.25) is 0 Å². The van der Waals surface area contributed by atoms with E-state index in [1.165, 1.54) is 6.07 Å². The first kappa shape index (κ1) is 17.1. The zero-order chi connectivity index (χ0) is 19.0. The van der Waals surface area contributed by atoms with Crippen LogP contribution in [0.15, 0.2) is 45.5 Å². The molecule has 7 nitrogen and oxygen atoms in total. The topological polar surface area (TPSA) is 87.1 Å². The Bertz CT molecular complexity index is 1090. The summed E-state index contributed by atoms with van der Waals surface area (Å²) in [5.74, 6) is 0.393. The predicted molar refractivity (Wildman–Crippen MR) is 94.6 cm³/mol. The van der Waals surface area contributed by atoms with Gasteiger partial charge in [0.2, 0.25) is 5.89 Å². The molecule has 0 radical (unpaired) electrons. The maximum atomic E-state index is 13.7. The van der Waals surface area contributed by atoms with Crippen molar-refractivity contribution in [3.05, 3.63) is 53.9 Å². The van der Waals surface area contributed by atoms with Gasteiger partial charge < -0.3 is 13.7 Å². The molecule has 0 bridgehead atoms. The summed E-state index contributed by atoms with van der Waals surface area (Å²) in [6, 6.07) is 8.01. The molecule has 138 valence electrons. The smallest absolute Gasteiger partial charge is 0.257 e. The highest BCUT2D eigenvalue weighted by molar-refractivity contribution is 5.80. The summed E-state index contributed by atoms with van der Waals surface area (Å²) >= 11 is 0. The van der Waals surface area contributed by atoms with E-state index in [2.05, 4.69) is 20.3 Å². The second kappa shape index (κ2) is 6.79. The SMILES string of the molecule is CC(C)c1noc2ncc(-c3nnc([C@@H](C)Oc4ccccc4F)o3)cc12. The van der Waals surface area contributed by atoms with Crippen LogP contribution in [0.3, 0.4) is 0 Å². The van der Waals surface area contributed by atoms with Gasteiger partial charge in [0.25, 0.3) is 11.6 Å². The van der Waals surface area contributed by atoms with Crippen molar-refractivity contribution in [2.75, 3.05) is 0 Å². The Hall–Kier alpha value is -3.29. The molecule has 4 rings (SSSR count). The maximum absolute atomic E-state index is 13.7. The summed E-state index contributed by atoms with van der Waals surface area (Å²) in [5, 5.41) is 12.9. The van der Waals surface area contributed by atoms with E-state index >= 15 is 0 Å². The van der Waals surface area contributed by atoms with Crippen molar-refractivity contribution in [3.63, 3.8) is 0 Å². The summed E-state index contributed by atoms with van der Waals surface area (Å²) in [6.07, 6.45) is 0.971. The average molecular weight is 368 g/mol. The number of rotatable bonds is 5. The molecular weight excluding hydrogens is 351 g/mol. The summed E-state index contributed by atoms with van der Waals surface area (Å²) in [7, 11) is 0. The molecule has 0 aliphatic heterocycles. The van der Waals surface area contributed by atoms with Crippen LogP contribution in [-0.4, -0.2) is 20.3 Å². The number of aromatic nitrogens is 4. The lowest BCUT2D eigenvalue weighted by Gasteiger charge is -2.11. The summed E-state index contributed by atoms with van der Waals surface area (Å²) in [5.41, 5.74) is 1.92. The largest absolute Gasteiger partial charge is 0.478 e. The van der Waals surface area contributed by atoms with Crippen molar-refractivity contribution < 1.29 is 18.1 Å². The van der Waals surface area contributed by atoms with E-state index in [9.17, 15) is 4.39 Å². The van der Waals surface area contributed by atoms with Crippen molar-refractivity contribution in [2.24, 2.45) is 0 Å². The number of pyridine rings is 1. The molecule has 4 aromatic rings. The van der Waals surface area contributed by atoms with E-state index in [-0.39, 0.29) is 17.6 Å². The molecule has 8 heteroatoms. The Kier molecular flexibility index (Phi) is 4.31. The highest BCUT2D eigenvalue weighted by Crippen LogP contribution is 2.29. The van der Waals surface area contributed by atoms with Crippen molar-refractivity contribution >= 4 is 11.1 Å². The predicted octanol–water partition coefficient (Wildman–Crippen LogP) is 4.68. The molecule has 0 aliphatic rings. The number of para-hydroxylation sites is 1. The molecule has 0 N–H and O–H groups in total. The number of halogens is 1. The van der Waals surface area contributed by atoms with Crippen LogP contribution in [0.4, 0.5) is 4.39 Å². The Balaban J connectivity index is 1.61. The quantitative estimate of drug-likeness (QED) is 0.505. The van der Waals surface area contributed by atoms with E-state index in [1.54, 1.807) is 31.3 Å². The Morgan fingerprint density at radius 1 is 1.11 bits per heavy atom. The minimum absolute atomic E-state index is 0.124. The number of fused-ring (bicyclic) bond motifs is 1. The molecular formula is C19H17FN4O3. The van der Waals surface area contributed by atoms with Gasteiger partial charge in [-0.15, -0.1) is 10.2 Å². The van der Waals surface area contributed by atoms with Gasteiger partial charge in [0, 0.05) is 6.20 Å². The minimum atomic E-state index is -0.610. The molecule has 3 heterocycles. The van der Waals surface area contributed by atoms with E-state index in [0.29, 0.717) is 17.2 Å². The molecule has 0 spiro atoms. The van der Waals surface area contributed by atoms with Crippen molar-refractivity contribution in [3.8, 4) is 17.2 Å². The normalized spacial score (nSPS) is 12.6. The van der Waals surface area contributed by atoms with Gasteiger partial charge >= 0.3 is 0 Å². The van der Waals surface area contributed by atoms with Crippen LogP contribution in [0, 0.1) is 5.82 Å². The van der Waals surface area contributed by atoms with Crippen LogP contribution in [0.5, 0.6) is 5.75 Å². The lowest BCUT2D eigenvalue weighted by molar-refractivity contribution is 0.182. The highest BCUT2D eigenvalue weighted by atomic mass is 19.1. The number of hydrogen-bond donors (Lipinski definition) is 0. The fourth-order valence-electron chi connectivity index (χ4n) is 2.68. The average Bonchev–Trinajstić information content (AvgIpc) is 3.30. The molecule has 27 heavy (non-hydrogen) atoms. The van der Waals surface area contributed by atoms with Gasteiger partial charge in [-0.25, -0.2) is 9.37 Å². The van der Waals surface area contributed by atoms with Crippen LogP contribution in [0.1, 0.15) is 44.4 Å². The molecule has 0 aliphatic carbocycles. The third-order valence-corrected chi connectivity index (χ3v) is 4.08. The Morgan fingerprint density at radius 3 is 2.70 bits per heavy atom. The molecule has 3 aromatic heterocycles. The zero-order valence-electron chi connectivity index (χ0n) is 15.0. The third-order valence-electron chi connectivity index (χ3n) is 4.08. The van der Waals surface area contributed by atoms with Gasteiger partial charge in [0.05, 0.1) is 16.6 Å². The summed E-state index contributed by atoms with van der Waals surface area (Å²) in [4.78, 5) is 4.26. The third kappa shape index (κ3) is 3.25. The number of hydrogen-bond acceptors (Lipinski definition) is 7. The number of benzene rings is 1. The lowest BCUT2D eigenvalue weighted by atomic mass is 10.1. The maximum Gasteiger partial charge on any atom is 0.257 e. The molecule has 0 saturated heterocycles. The molecule has 0 fully saturated rings. The first-order valence-corrected chi connectivity index (χ1v) is 8.53. The van der Waals surface area contributed by atoms with E-state index in [1.807, 2.05) is 19.9 Å². The molecule has 0 amide bonds. The standard InChI is InChI=1S/C19H17FN4O3/c1-10(2)16-13-8-12(9-21-19(13)27-24-16)18-23-22-17(26-18)11(3)25-15-7-5-4-6-14(15)20/h4-11H,1-3H3/t11-/m1/s1. The van der Waals surface area contributed by atoms with Crippen LogP contribution in [-0.2, 0) is 0 Å². The fraction of sp³-hybridized carbons (Fsp3) is 0.263. The van der Waals surface area contributed by atoms with Crippen LogP contribution in [0.25, 0.3) is 22.6 Å². The summed E-state index contributed by atoms with van der Waals surface area (Å²) in [6.45, 7) is 5.76. The fourth-order valence-corrected chi connectivity index (χ4v) is 2.68. The highest BCUT2D eigenvalue weighted by Gasteiger charge is 2.20. The Morgan fingerprint density at radius 2 is 1.93 bits per heavy atom. The van der Waals surface area contributed by atoms with Gasteiger partial charge in [-0.05, 0) is 31.0 Å². The van der Waals surface area contributed by atoms with Gasteiger partial charge in [0.15, 0.2) is 17.7 Å². The molecule has 1 aromatic carbocycles. The molecule has 1 atom stereocenters. The first-order chi connectivity index (χ1) is 13.0. The summed E-state index contributed by atoms with van der Waals surface area (Å²) < 4.78 is 30.3. The van der Waals surface area contributed by atoms with Crippen molar-refractivity contribution in [1.29, 1.82) is 0 Å². The minimum Gasteiger partial charge on any atom is -0.478 e. The second-order valence-electron chi connectivity index (χ2n) is 6.44. The van der Waals surface area contributed by atoms with E-state index in [4.69, 9.17) is 13.7 Å². The Labute approximate surface area is 154 Å². The number of ether oxygens (including phenoxy) is 1. The van der Waals surface area contributed by atoms with Gasteiger partial charge in [-0.2, -0.15) is 0 Å². The zero-order valence-corrected chi connectivity index (χ0v) is 15.0. The van der Waals surface area contributed by atoms with Crippen molar-refractivity contribution in [1.82, 2.24) is 20.3 Å². The van der Waals surface area contributed by atoms with E-state index in [0.717, 1.165) is 11.1 Å². The molecule has 0 unspecified atom stereocenters. The monoisotopic (exact) mass is 368 g/mol. The lowest BCUT2D eigenvalue weighted by Crippen LogP contribution is -2.04. The van der Waals surface area contributed by atoms with Crippen molar-refractivity contribution in [2.45, 2.75) is 32.8 Å². The van der Waals surface area contributed by atoms with E-state index < -0.39 is 11.9 Å². The van der Waals surface area contributed by atoms with Crippen LogP contribution in [0.2, 0.25) is 0 Å². The molecule has 0 saturated carbocycles.